The number of fused-ring (bicyclic) bond motifs is 1. The first-order chi connectivity index (χ1) is 15.9. The molecular formula is C27H28N2O4. The first kappa shape index (κ1) is 22.3. The number of aromatic hydroxyl groups is 1. The molecular weight excluding hydrogens is 416 g/mol. The Morgan fingerprint density at radius 1 is 1.00 bits per heavy atom. The molecule has 6 nitrogen and oxygen atoms in total. The van der Waals surface area contributed by atoms with E-state index in [0.717, 1.165) is 33.3 Å². The Morgan fingerprint density at radius 3 is 2.33 bits per heavy atom. The summed E-state index contributed by atoms with van der Waals surface area (Å²) in [6.45, 7) is 2.05. The van der Waals surface area contributed by atoms with Gasteiger partial charge in [0, 0.05) is 28.3 Å². The predicted octanol–water partition coefficient (Wildman–Crippen LogP) is 5.13. The zero-order valence-corrected chi connectivity index (χ0v) is 19.0. The summed E-state index contributed by atoms with van der Waals surface area (Å²) < 4.78 is 11.0. The molecule has 0 aliphatic carbocycles. The minimum absolute atomic E-state index is 0.121. The van der Waals surface area contributed by atoms with Crippen LogP contribution < -0.4 is 15.2 Å². The monoisotopic (exact) mass is 444 g/mol. The molecule has 1 amide bonds. The van der Waals surface area contributed by atoms with Gasteiger partial charge in [0.05, 0.1) is 19.9 Å². The number of ether oxygens (including phenoxy) is 2. The van der Waals surface area contributed by atoms with Gasteiger partial charge < -0.3 is 25.3 Å². The lowest BCUT2D eigenvalue weighted by Crippen LogP contribution is -2.33. The van der Waals surface area contributed by atoms with E-state index in [1.54, 1.807) is 26.4 Å². The van der Waals surface area contributed by atoms with Crippen LogP contribution in [0.5, 0.6) is 17.2 Å². The zero-order valence-electron chi connectivity index (χ0n) is 19.0. The number of aromatic nitrogens is 1. The van der Waals surface area contributed by atoms with E-state index < -0.39 is 11.3 Å². The number of phenolic OH excluding ortho intramolecular Hbond substituents is 1. The fraction of sp³-hybridized carbons (Fsp3) is 0.222. The van der Waals surface area contributed by atoms with Crippen molar-refractivity contribution < 1.29 is 19.4 Å². The lowest BCUT2D eigenvalue weighted by atomic mass is 9.68. The number of phenols is 1. The summed E-state index contributed by atoms with van der Waals surface area (Å²) >= 11 is 0. The lowest BCUT2D eigenvalue weighted by molar-refractivity contribution is -0.119. The van der Waals surface area contributed by atoms with Crippen LogP contribution in [0.3, 0.4) is 0 Å². The summed E-state index contributed by atoms with van der Waals surface area (Å²) in [6.07, 6.45) is 0.749. The van der Waals surface area contributed by atoms with Gasteiger partial charge in [0.1, 0.15) is 5.75 Å². The molecule has 1 unspecified atom stereocenters. The number of hydrogen-bond donors (Lipinski definition) is 3. The number of aromatic amines is 1. The van der Waals surface area contributed by atoms with E-state index in [1.807, 2.05) is 48.5 Å². The molecule has 0 fully saturated rings. The van der Waals surface area contributed by atoms with Gasteiger partial charge in [-0.1, -0.05) is 37.3 Å². The van der Waals surface area contributed by atoms with Crippen LogP contribution in [0.15, 0.2) is 66.7 Å². The molecule has 0 saturated heterocycles. The first-order valence-corrected chi connectivity index (χ1v) is 10.8. The molecule has 6 heteroatoms. The lowest BCUT2D eigenvalue weighted by Gasteiger charge is -2.34. The first-order valence-electron chi connectivity index (χ1n) is 10.8. The van der Waals surface area contributed by atoms with Gasteiger partial charge in [0.2, 0.25) is 5.91 Å². The van der Waals surface area contributed by atoms with Gasteiger partial charge in [-0.25, -0.2) is 0 Å². The number of benzene rings is 3. The fourth-order valence-electron chi connectivity index (χ4n) is 4.77. The summed E-state index contributed by atoms with van der Waals surface area (Å²) in [5.41, 5.74) is 9.74. The second-order valence-corrected chi connectivity index (χ2v) is 8.12. The Morgan fingerprint density at radius 2 is 1.70 bits per heavy atom. The van der Waals surface area contributed by atoms with Crippen molar-refractivity contribution in [2.45, 2.75) is 25.2 Å². The SMILES string of the molecule is CCC(CC(N)=O)(c1ccc(O)cc1)c1c(-c2ccc(OC)c(OC)c2)[nH]c2ccccc12. The summed E-state index contributed by atoms with van der Waals surface area (Å²) in [5, 5.41) is 10.9. The third-order valence-electron chi connectivity index (χ3n) is 6.36. The van der Waals surface area contributed by atoms with Crippen LogP contribution in [0.25, 0.3) is 22.2 Å². The highest BCUT2D eigenvalue weighted by Crippen LogP contribution is 2.48. The largest absolute Gasteiger partial charge is 0.508 e. The molecule has 1 aromatic heterocycles. The van der Waals surface area contributed by atoms with E-state index in [0.29, 0.717) is 17.9 Å². The van der Waals surface area contributed by atoms with Gasteiger partial charge in [-0.3, -0.25) is 4.79 Å². The van der Waals surface area contributed by atoms with Gasteiger partial charge in [0.15, 0.2) is 11.5 Å². The van der Waals surface area contributed by atoms with Gasteiger partial charge >= 0.3 is 0 Å². The summed E-state index contributed by atoms with van der Waals surface area (Å²) in [5.74, 6) is 1.02. The number of hydrogen-bond acceptors (Lipinski definition) is 4. The number of nitrogens with one attached hydrogen (secondary N) is 1. The molecule has 170 valence electrons. The second kappa shape index (κ2) is 8.90. The quantitative estimate of drug-likeness (QED) is 0.351. The van der Waals surface area contributed by atoms with Crippen LogP contribution in [-0.2, 0) is 10.2 Å². The number of methoxy groups -OCH3 is 2. The maximum atomic E-state index is 12.4. The molecule has 0 saturated carbocycles. The fourth-order valence-corrected chi connectivity index (χ4v) is 4.77. The number of carbonyl (C=O) groups excluding carboxylic acids is 1. The van der Waals surface area contributed by atoms with Crippen LogP contribution in [0.4, 0.5) is 0 Å². The number of nitrogens with two attached hydrogens (primary N) is 1. The van der Waals surface area contributed by atoms with Crippen molar-refractivity contribution in [1.29, 1.82) is 0 Å². The number of rotatable bonds is 8. The number of H-pyrrole nitrogens is 1. The Hall–Kier alpha value is -3.93. The number of primary amides is 1. The third kappa shape index (κ3) is 3.89. The van der Waals surface area contributed by atoms with Gasteiger partial charge in [0.25, 0.3) is 0 Å². The minimum Gasteiger partial charge on any atom is -0.508 e. The Balaban J connectivity index is 2.08. The van der Waals surface area contributed by atoms with Crippen LogP contribution >= 0.6 is 0 Å². The predicted molar refractivity (Wildman–Crippen MR) is 130 cm³/mol. The smallest absolute Gasteiger partial charge is 0.218 e. The third-order valence-corrected chi connectivity index (χ3v) is 6.36. The molecule has 4 N–H and O–H groups in total. The maximum Gasteiger partial charge on any atom is 0.218 e. The molecule has 1 atom stereocenters. The maximum absolute atomic E-state index is 12.4. The highest BCUT2D eigenvalue weighted by molar-refractivity contribution is 5.94. The molecule has 0 radical (unpaired) electrons. The average Bonchev–Trinajstić information content (AvgIpc) is 3.22. The van der Waals surface area contributed by atoms with Crippen LogP contribution in [0.2, 0.25) is 0 Å². The molecule has 0 spiro atoms. The zero-order chi connectivity index (χ0) is 23.6. The van der Waals surface area contributed by atoms with E-state index in [1.165, 1.54) is 0 Å². The van der Waals surface area contributed by atoms with E-state index >= 15 is 0 Å². The topological polar surface area (TPSA) is 97.6 Å². The van der Waals surface area contributed by atoms with Crippen molar-refractivity contribution in [1.82, 2.24) is 4.98 Å². The van der Waals surface area contributed by atoms with Crippen LogP contribution in [0, 0.1) is 0 Å². The van der Waals surface area contributed by atoms with Crippen molar-refractivity contribution in [3.8, 4) is 28.5 Å². The number of carbonyl (C=O) groups is 1. The van der Waals surface area contributed by atoms with Crippen molar-refractivity contribution >= 4 is 16.8 Å². The number of para-hydroxylation sites is 1. The molecule has 33 heavy (non-hydrogen) atoms. The molecule has 0 bridgehead atoms. The van der Waals surface area contributed by atoms with Gasteiger partial charge in [-0.15, -0.1) is 0 Å². The molecule has 0 aliphatic rings. The van der Waals surface area contributed by atoms with Gasteiger partial charge in [-0.2, -0.15) is 0 Å². The van der Waals surface area contributed by atoms with Crippen molar-refractivity contribution in [2.24, 2.45) is 5.73 Å². The van der Waals surface area contributed by atoms with E-state index in [9.17, 15) is 9.90 Å². The Kier molecular flexibility index (Phi) is 6.01. The van der Waals surface area contributed by atoms with Crippen molar-refractivity contribution in [2.75, 3.05) is 14.2 Å². The normalized spacial score (nSPS) is 12.9. The molecule has 0 aliphatic heterocycles. The Bertz CT molecular complexity index is 1290. The Labute approximate surface area is 193 Å². The summed E-state index contributed by atoms with van der Waals surface area (Å²) in [7, 11) is 3.21. The molecule has 4 aromatic rings. The van der Waals surface area contributed by atoms with Crippen molar-refractivity contribution in [3.63, 3.8) is 0 Å². The average molecular weight is 445 g/mol. The van der Waals surface area contributed by atoms with Gasteiger partial charge in [-0.05, 0) is 53.9 Å². The number of amides is 1. The molecule has 4 rings (SSSR count). The van der Waals surface area contributed by atoms with E-state index in [-0.39, 0.29) is 12.2 Å². The highest BCUT2D eigenvalue weighted by atomic mass is 16.5. The van der Waals surface area contributed by atoms with Crippen LogP contribution in [-0.4, -0.2) is 30.2 Å². The molecule has 3 aromatic carbocycles. The second-order valence-electron chi connectivity index (χ2n) is 8.12. The minimum atomic E-state index is -0.707. The van der Waals surface area contributed by atoms with Crippen LogP contribution in [0.1, 0.15) is 30.9 Å². The highest BCUT2D eigenvalue weighted by Gasteiger charge is 2.39. The van der Waals surface area contributed by atoms with E-state index in [4.69, 9.17) is 15.2 Å². The summed E-state index contributed by atoms with van der Waals surface area (Å²) in [6, 6.07) is 20.8. The van der Waals surface area contributed by atoms with Crippen molar-refractivity contribution in [3.05, 3.63) is 77.9 Å². The summed E-state index contributed by atoms with van der Waals surface area (Å²) in [4.78, 5) is 16.0. The van der Waals surface area contributed by atoms with E-state index in [2.05, 4.69) is 18.0 Å². The molecule has 1 heterocycles. The standard InChI is InChI=1S/C27H28N2O4/c1-4-27(16-24(28)31,18-10-12-19(30)13-11-18)25-20-7-5-6-8-21(20)29-26(25)17-9-14-22(32-2)23(15-17)33-3/h5-15,29-30H,4,16H2,1-3H3,(H2,28,31).